The number of benzene rings is 1. The Balaban J connectivity index is 1.86. The Morgan fingerprint density at radius 1 is 1.10 bits per heavy atom. The maximum Gasteiger partial charge on any atom is 0.203 e. The van der Waals surface area contributed by atoms with E-state index in [2.05, 4.69) is 0 Å². The number of Topliss-reactive ketones (excluding diaryl/α,β-unsaturated/α-hetero) is 3. The number of phenols is 1. The van der Waals surface area contributed by atoms with Crippen molar-refractivity contribution in [1.29, 1.82) is 0 Å². The van der Waals surface area contributed by atoms with Gasteiger partial charge in [0.05, 0.1) is 18.1 Å². The van der Waals surface area contributed by atoms with E-state index in [1.54, 1.807) is 33.8 Å². The van der Waals surface area contributed by atoms with Crippen LogP contribution in [-0.2, 0) is 20.8 Å². The number of aliphatic hydroxyl groups excluding tert-OH is 2. The van der Waals surface area contributed by atoms with Crippen LogP contribution in [0.3, 0.4) is 0 Å². The number of furan rings is 1. The second-order valence-corrected chi connectivity index (χ2v) is 12.8. The van der Waals surface area contributed by atoms with Crippen molar-refractivity contribution in [2.45, 2.75) is 72.8 Å². The molecule has 8 nitrogen and oxygen atoms in total. The summed E-state index contributed by atoms with van der Waals surface area (Å²) < 4.78 is 5.22. The average Bonchev–Trinajstić information content (AvgIpc) is 3.35. The molecule has 8 heteroatoms. The van der Waals surface area contributed by atoms with Crippen molar-refractivity contribution >= 4 is 23.1 Å². The van der Waals surface area contributed by atoms with Crippen LogP contribution in [0.4, 0.5) is 0 Å². The highest BCUT2D eigenvalue weighted by Crippen LogP contribution is 2.65. The van der Waals surface area contributed by atoms with Crippen LogP contribution in [0, 0.1) is 22.7 Å². The number of carbonyl (C=O) groups is 3. The molecule has 5 rings (SSSR count). The fourth-order valence-electron chi connectivity index (χ4n) is 7.97. The van der Waals surface area contributed by atoms with E-state index >= 15 is 0 Å². The highest BCUT2D eigenvalue weighted by atomic mass is 16.3. The van der Waals surface area contributed by atoms with Gasteiger partial charge in [-0.15, -0.1) is 0 Å². The van der Waals surface area contributed by atoms with E-state index in [0.29, 0.717) is 16.7 Å². The van der Waals surface area contributed by atoms with Crippen molar-refractivity contribution in [3.8, 4) is 16.9 Å². The fraction of sp³-hybridized carbons (Fsp3) is 0.469. The van der Waals surface area contributed by atoms with Crippen molar-refractivity contribution in [1.82, 2.24) is 0 Å². The van der Waals surface area contributed by atoms with Crippen molar-refractivity contribution in [2.24, 2.45) is 22.7 Å². The fourth-order valence-corrected chi connectivity index (χ4v) is 7.97. The number of aromatic hydroxyl groups is 1. The number of carbonyl (C=O) groups excluding carboxylic acids is 3. The third kappa shape index (κ3) is 3.32. The minimum atomic E-state index is -2.63. The second-order valence-electron chi connectivity index (χ2n) is 12.8. The maximum absolute atomic E-state index is 14.5. The first kappa shape index (κ1) is 27.9. The number of hydrogen-bond acceptors (Lipinski definition) is 8. The van der Waals surface area contributed by atoms with E-state index in [-0.39, 0.29) is 41.6 Å². The van der Waals surface area contributed by atoms with E-state index in [9.17, 15) is 34.8 Å². The molecular formula is C32H36O8. The van der Waals surface area contributed by atoms with Gasteiger partial charge in [0, 0.05) is 33.4 Å². The van der Waals surface area contributed by atoms with E-state index in [4.69, 9.17) is 4.42 Å². The largest absolute Gasteiger partial charge is 0.508 e. The van der Waals surface area contributed by atoms with Crippen molar-refractivity contribution < 1.29 is 39.2 Å². The summed E-state index contributed by atoms with van der Waals surface area (Å²) >= 11 is 0. The van der Waals surface area contributed by atoms with E-state index in [1.807, 2.05) is 19.9 Å². The molecule has 3 aliphatic carbocycles. The van der Waals surface area contributed by atoms with Crippen LogP contribution in [0.2, 0.25) is 0 Å². The minimum Gasteiger partial charge on any atom is -0.508 e. The minimum absolute atomic E-state index is 0.00506. The molecule has 4 atom stereocenters. The van der Waals surface area contributed by atoms with Gasteiger partial charge in [0.15, 0.2) is 17.2 Å². The first-order chi connectivity index (χ1) is 18.5. The molecule has 0 saturated heterocycles. The zero-order chi connectivity index (χ0) is 29.7. The summed E-state index contributed by atoms with van der Waals surface area (Å²) in [7, 11) is 0. The predicted molar refractivity (Wildman–Crippen MR) is 148 cm³/mol. The Kier molecular flexibility index (Phi) is 6.05. The molecular weight excluding hydrogens is 512 g/mol. The molecule has 0 spiro atoms. The summed E-state index contributed by atoms with van der Waals surface area (Å²) in [4.78, 5) is 40.6. The highest BCUT2D eigenvalue weighted by molar-refractivity contribution is 6.24. The molecule has 40 heavy (non-hydrogen) atoms. The van der Waals surface area contributed by atoms with Gasteiger partial charge >= 0.3 is 0 Å². The number of hydrogen-bond donors (Lipinski definition) is 4. The van der Waals surface area contributed by atoms with Crippen molar-refractivity contribution in [2.75, 3.05) is 0 Å². The Morgan fingerprint density at radius 2 is 1.75 bits per heavy atom. The Morgan fingerprint density at radius 3 is 2.27 bits per heavy atom. The lowest BCUT2D eigenvalue weighted by Gasteiger charge is -2.59. The van der Waals surface area contributed by atoms with Gasteiger partial charge in [-0.25, -0.2) is 0 Å². The smallest absolute Gasteiger partial charge is 0.203 e. The third-order valence-corrected chi connectivity index (χ3v) is 9.49. The molecule has 3 aliphatic rings. The zero-order valence-electron chi connectivity index (χ0n) is 23.9. The molecule has 1 aromatic carbocycles. The van der Waals surface area contributed by atoms with E-state index in [0.717, 1.165) is 12.5 Å². The summed E-state index contributed by atoms with van der Waals surface area (Å²) in [5, 5.41) is 46.8. The number of rotatable bonds is 4. The highest BCUT2D eigenvalue weighted by Gasteiger charge is 2.72. The Labute approximate surface area is 233 Å². The molecule has 4 N–H and O–H groups in total. The average molecular weight is 549 g/mol. The zero-order valence-corrected chi connectivity index (χ0v) is 23.9. The van der Waals surface area contributed by atoms with Gasteiger partial charge in [0.25, 0.3) is 0 Å². The van der Waals surface area contributed by atoms with Gasteiger partial charge < -0.3 is 24.8 Å². The summed E-state index contributed by atoms with van der Waals surface area (Å²) in [5.74, 6) is -5.32. The normalized spacial score (nSPS) is 30.1. The van der Waals surface area contributed by atoms with Gasteiger partial charge in [-0.1, -0.05) is 41.5 Å². The van der Waals surface area contributed by atoms with Crippen molar-refractivity contribution in [3.63, 3.8) is 0 Å². The quantitative estimate of drug-likeness (QED) is 0.363. The van der Waals surface area contributed by atoms with Crippen LogP contribution in [0.25, 0.3) is 16.9 Å². The number of aliphatic hydroxyl groups is 3. The molecule has 1 saturated carbocycles. The molecule has 2 aromatic rings. The molecule has 0 amide bonds. The summed E-state index contributed by atoms with van der Waals surface area (Å²) in [5.41, 5.74) is -3.23. The lowest BCUT2D eigenvalue weighted by atomic mass is 9.43. The molecule has 0 aliphatic heterocycles. The maximum atomic E-state index is 14.5. The van der Waals surface area contributed by atoms with E-state index in [1.165, 1.54) is 12.5 Å². The monoisotopic (exact) mass is 548 g/mol. The van der Waals surface area contributed by atoms with Gasteiger partial charge in [0.1, 0.15) is 22.8 Å². The van der Waals surface area contributed by atoms with Crippen LogP contribution in [-0.4, -0.2) is 43.4 Å². The molecule has 1 unspecified atom stereocenters. The molecule has 1 fully saturated rings. The molecule has 0 radical (unpaired) electrons. The van der Waals surface area contributed by atoms with Crippen molar-refractivity contribution in [3.05, 3.63) is 58.3 Å². The van der Waals surface area contributed by atoms with Gasteiger partial charge in [-0.3, -0.25) is 14.4 Å². The van der Waals surface area contributed by atoms with Crippen LogP contribution in [0.15, 0.2) is 46.0 Å². The summed E-state index contributed by atoms with van der Waals surface area (Å²) in [6, 6.07) is 3.54. The number of ketones is 3. The molecule has 0 bridgehead atoms. The first-order valence-electron chi connectivity index (χ1n) is 13.6. The Hall–Kier alpha value is -3.65. The van der Waals surface area contributed by atoms with Gasteiger partial charge in [-0.2, -0.15) is 0 Å². The standard InChI is InChI=1S/C32H36O8/c1-14(2)18-10-19(17-8-9-40-12-17)25(34)22-20(18)11-30(6)13-31(7)23(15(3)4)26(35)21(16(5)33)28(37)32(31,39)29(38)24(30)27(22)36/h8-10,12,14-15,23,34,36-37,39H,11,13H2,1-7H3/t23?,30-,31-,32+/m1/s1. The van der Waals surface area contributed by atoms with Gasteiger partial charge in [-0.05, 0) is 54.9 Å². The number of fused-ring (bicyclic) bond motifs is 3. The molecule has 1 aromatic heterocycles. The summed E-state index contributed by atoms with van der Waals surface area (Å²) in [6.07, 6.45) is 3.25. The lowest BCUT2D eigenvalue weighted by Crippen LogP contribution is -2.69. The van der Waals surface area contributed by atoms with E-state index < -0.39 is 56.8 Å². The predicted octanol–water partition coefficient (Wildman–Crippen LogP) is 5.57. The third-order valence-electron chi connectivity index (χ3n) is 9.49. The SMILES string of the molecule is CC(=O)C1=C(O)[C@]2(O)C(=O)C3=C(O)c4c(O)c(-c5ccoc5)cc(C(C)C)c4C[C@]3(C)C[C@]2(C)C(C(C)C)C1=O. The summed E-state index contributed by atoms with van der Waals surface area (Å²) in [6.45, 7) is 12.1. The van der Waals surface area contributed by atoms with Crippen LogP contribution in [0.5, 0.6) is 5.75 Å². The molecule has 1 heterocycles. The van der Waals surface area contributed by atoms with Gasteiger partial charge in [0.2, 0.25) is 5.78 Å². The molecule has 212 valence electrons. The number of phenolic OH excluding ortho intramolecular Hbond substituents is 1. The van der Waals surface area contributed by atoms with Crippen LogP contribution in [0.1, 0.15) is 77.5 Å². The second kappa shape index (κ2) is 8.67. The number of allylic oxidation sites excluding steroid dienone is 1. The van der Waals surface area contributed by atoms with Crippen LogP contribution >= 0.6 is 0 Å². The first-order valence-corrected chi connectivity index (χ1v) is 13.6. The topological polar surface area (TPSA) is 145 Å². The van der Waals surface area contributed by atoms with Crippen LogP contribution < -0.4 is 0 Å². The lowest BCUT2D eigenvalue weighted by molar-refractivity contribution is -0.178. The Bertz CT molecular complexity index is 1540.